The third-order valence-electron chi connectivity index (χ3n) is 4.88. The van der Waals surface area contributed by atoms with E-state index in [4.69, 9.17) is 0 Å². The number of fused-ring (bicyclic) bond motifs is 1. The first-order valence-corrected chi connectivity index (χ1v) is 8.44. The molecule has 3 aliphatic rings. The number of nitrogens with zero attached hydrogens (tertiary/aromatic N) is 1. The molecule has 0 amide bonds. The van der Waals surface area contributed by atoms with Crippen LogP contribution in [0.25, 0.3) is 0 Å². The van der Waals surface area contributed by atoms with E-state index < -0.39 is 0 Å². The first kappa shape index (κ1) is 11.4. The topological polar surface area (TPSA) is 3.24 Å². The van der Waals surface area contributed by atoms with Gasteiger partial charge in [0.05, 0.1) is 0 Å². The SMILES string of the molecule is C1CSCC(C2CCCC3CCCCN32)C1. The summed E-state index contributed by atoms with van der Waals surface area (Å²) in [5.41, 5.74) is 0. The first-order valence-electron chi connectivity index (χ1n) is 7.28. The van der Waals surface area contributed by atoms with Crippen LogP contribution in [0.5, 0.6) is 0 Å². The molecule has 0 aromatic carbocycles. The summed E-state index contributed by atoms with van der Waals surface area (Å²) in [6.07, 6.45) is 12.0. The lowest BCUT2D eigenvalue weighted by Gasteiger charge is -2.48. The number of hydrogen-bond acceptors (Lipinski definition) is 2. The number of piperidine rings is 2. The van der Waals surface area contributed by atoms with Gasteiger partial charge in [0.2, 0.25) is 0 Å². The summed E-state index contributed by atoms with van der Waals surface area (Å²) >= 11 is 2.21. The van der Waals surface area contributed by atoms with E-state index in [1.54, 1.807) is 0 Å². The summed E-state index contributed by atoms with van der Waals surface area (Å²) < 4.78 is 0. The van der Waals surface area contributed by atoms with Crippen LogP contribution in [0.15, 0.2) is 0 Å². The van der Waals surface area contributed by atoms with Gasteiger partial charge in [0.15, 0.2) is 0 Å². The molecule has 3 fully saturated rings. The maximum absolute atomic E-state index is 2.92. The molecule has 3 rings (SSSR count). The highest BCUT2D eigenvalue weighted by molar-refractivity contribution is 7.99. The van der Waals surface area contributed by atoms with Crippen molar-refractivity contribution in [2.24, 2.45) is 5.92 Å². The van der Waals surface area contributed by atoms with Crippen molar-refractivity contribution >= 4 is 11.8 Å². The van der Waals surface area contributed by atoms with Crippen molar-refractivity contribution in [3.63, 3.8) is 0 Å². The van der Waals surface area contributed by atoms with E-state index in [-0.39, 0.29) is 0 Å². The molecule has 3 heterocycles. The second-order valence-electron chi connectivity index (χ2n) is 5.86. The largest absolute Gasteiger partial charge is 0.297 e. The second-order valence-corrected chi connectivity index (χ2v) is 7.01. The van der Waals surface area contributed by atoms with Gasteiger partial charge in [-0.1, -0.05) is 12.8 Å². The number of thioether (sulfide) groups is 1. The molecule has 0 aliphatic carbocycles. The predicted octanol–water partition coefficient (Wildman–Crippen LogP) is 3.54. The van der Waals surface area contributed by atoms with Crippen LogP contribution in [0, 0.1) is 5.92 Å². The standard InChI is InChI=1S/C14H25NS/c1-2-9-15-13(6-1)7-3-8-14(15)12-5-4-10-16-11-12/h12-14H,1-11H2. The minimum absolute atomic E-state index is 0.965. The van der Waals surface area contributed by atoms with E-state index in [1.807, 2.05) is 0 Å². The average molecular weight is 239 g/mol. The van der Waals surface area contributed by atoms with Gasteiger partial charge in [0.25, 0.3) is 0 Å². The van der Waals surface area contributed by atoms with Crippen LogP contribution in [0.4, 0.5) is 0 Å². The van der Waals surface area contributed by atoms with E-state index in [1.165, 1.54) is 69.4 Å². The molecule has 0 aromatic heterocycles. The molecular formula is C14H25NS. The molecule has 0 bridgehead atoms. The van der Waals surface area contributed by atoms with E-state index in [0.29, 0.717) is 0 Å². The van der Waals surface area contributed by atoms with Gasteiger partial charge in [0.1, 0.15) is 0 Å². The fourth-order valence-electron chi connectivity index (χ4n) is 4.07. The Morgan fingerprint density at radius 3 is 2.69 bits per heavy atom. The monoisotopic (exact) mass is 239 g/mol. The van der Waals surface area contributed by atoms with E-state index >= 15 is 0 Å². The molecule has 3 unspecified atom stereocenters. The van der Waals surface area contributed by atoms with Crippen LogP contribution >= 0.6 is 11.8 Å². The zero-order valence-corrected chi connectivity index (χ0v) is 11.2. The second kappa shape index (κ2) is 5.30. The van der Waals surface area contributed by atoms with Crippen LogP contribution < -0.4 is 0 Å². The molecule has 3 saturated heterocycles. The van der Waals surface area contributed by atoms with Crippen molar-refractivity contribution in [1.82, 2.24) is 4.90 Å². The number of rotatable bonds is 1. The molecule has 0 spiro atoms. The van der Waals surface area contributed by atoms with Gasteiger partial charge in [-0.05, 0) is 62.5 Å². The summed E-state index contributed by atoms with van der Waals surface area (Å²) in [7, 11) is 0. The molecule has 16 heavy (non-hydrogen) atoms. The Kier molecular flexibility index (Phi) is 3.78. The highest BCUT2D eigenvalue weighted by Crippen LogP contribution is 2.37. The summed E-state index contributed by atoms with van der Waals surface area (Å²) in [5, 5.41) is 0. The Balaban J connectivity index is 1.67. The molecule has 3 aliphatic heterocycles. The van der Waals surface area contributed by atoms with Crippen molar-refractivity contribution in [1.29, 1.82) is 0 Å². The summed E-state index contributed by atoms with van der Waals surface area (Å²) in [6.45, 7) is 1.41. The summed E-state index contributed by atoms with van der Waals surface area (Å²) in [5.74, 6) is 3.90. The van der Waals surface area contributed by atoms with Crippen molar-refractivity contribution in [3.05, 3.63) is 0 Å². The van der Waals surface area contributed by atoms with Gasteiger partial charge in [-0.25, -0.2) is 0 Å². The van der Waals surface area contributed by atoms with Gasteiger partial charge < -0.3 is 0 Å². The van der Waals surface area contributed by atoms with Crippen LogP contribution in [0.2, 0.25) is 0 Å². The molecule has 2 heteroatoms. The minimum atomic E-state index is 0.965. The highest BCUT2D eigenvalue weighted by atomic mass is 32.2. The average Bonchev–Trinajstić information content (AvgIpc) is 2.39. The maximum atomic E-state index is 2.92. The fourth-order valence-corrected chi connectivity index (χ4v) is 5.30. The molecular weight excluding hydrogens is 214 g/mol. The third kappa shape index (κ3) is 2.28. The Bertz CT molecular complexity index is 223. The van der Waals surface area contributed by atoms with E-state index in [2.05, 4.69) is 16.7 Å². The quantitative estimate of drug-likeness (QED) is 0.688. The Labute approximate surface area is 104 Å². The lowest BCUT2D eigenvalue weighted by Crippen LogP contribution is -2.52. The van der Waals surface area contributed by atoms with Crippen molar-refractivity contribution in [2.75, 3.05) is 18.1 Å². The third-order valence-corrected chi connectivity index (χ3v) is 6.12. The van der Waals surface area contributed by atoms with Crippen molar-refractivity contribution < 1.29 is 0 Å². The maximum Gasteiger partial charge on any atom is 0.0134 e. The lowest BCUT2D eigenvalue weighted by molar-refractivity contribution is 0.0244. The summed E-state index contributed by atoms with van der Waals surface area (Å²) in [6, 6.07) is 1.94. The molecule has 0 radical (unpaired) electrons. The van der Waals surface area contributed by atoms with Gasteiger partial charge >= 0.3 is 0 Å². The van der Waals surface area contributed by atoms with Gasteiger partial charge in [-0.15, -0.1) is 0 Å². The molecule has 1 nitrogen and oxygen atoms in total. The van der Waals surface area contributed by atoms with Crippen LogP contribution in [0.3, 0.4) is 0 Å². The minimum Gasteiger partial charge on any atom is -0.297 e. The molecule has 0 saturated carbocycles. The first-order chi connectivity index (χ1) is 7.95. The fraction of sp³-hybridized carbons (Fsp3) is 1.00. The van der Waals surface area contributed by atoms with Crippen LogP contribution in [-0.4, -0.2) is 35.0 Å². The summed E-state index contributed by atoms with van der Waals surface area (Å²) in [4.78, 5) is 2.92. The predicted molar refractivity (Wildman–Crippen MR) is 72.0 cm³/mol. The Hall–Kier alpha value is 0.310. The Morgan fingerprint density at radius 2 is 1.81 bits per heavy atom. The Morgan fingerprint density at radius 1 is 0.875 bits per heavy atom. The molecule has 0 N–H and O–H groups in total. The van der Waals surface area contributed by atoms with Gasteiger partial charge in [0, 0.05) is 12.1 Å². The van der Waals surface area contributed by atoms with Crippen LogP contribution in [-0.2, 0) is 0 Å². The van der Waals surface area contributed by atoms with E-state index in [9.17, 15) is 0 Å². The van der Waals surface area contributed by atoms with Crippen LogP contribution in [0.1, 0.15) is 51.4 Å². The lowest BCUT2D eigenvalue weighted by atomic mass is 9.82. The van der Waals surface area contributed by atoms with Gasteiger partial charge in [-0.2, -0.15) is 11.8 Å². The van der Waals surface area contributed by atoms with Crippen molar-refractivity contribution in [2.45, 2.75) is 63.5 Å². The highest BCUT2D eigenvalue weighted by Gasteiger charge is 2.36. The normalized spacial score (nSPS) is 41.6. The number of hydrogen-bond donors (Lipinski definition) is 0. The molecule has 92 valence electrons. The van der Waals surface area contributed by atoms with E-state index in [0.717, 1.165) is 18.0 Å². The van der Waals surface area contributed by atoms with Crippen molar-refractivity contribution in [3.8, 4) is 0 Å². The zero-order valence-electron chi connectivity index (χ0n) is 10.4. The van der Waals surface area contributed by atoms with Gasteiger partial charge in [-0.3, -0.25) is 4.90 Å². The molecule has 0 aromatic rings. The zero-order chi connectivity index (χ0) is 10.8. The smallest absolute Gasteiger partial charge is 0.0134 e. The molecule has 3 atom stereocenters.